The Labute approximate surface area is 119 Å². The molecule has 0 aliphatic rings. The van der Waals surface area contributed by atoms with Crippen molar-refractivity contribution < 1.29 is 0 Å². The molecule has 0 amide bonds. The Morgan fingerprint density at radius 1 is 1.22 bits per heavy atom. The van der Waals surface area contributed by atoms with E-state index in [0.717, 1.165) is 21.4 Å². The lowest BCUT2D eigenvalue weighted by Crippen LogP contribution is -1.94. The zero-order valence-corrected chi connectivity index (χ0v) is 12.0. The normalized spacial score (nSPS) is 9.89. The first-order valence-electron chi connectivity index (χ1n) is 5.32. The van der Waals surface area contributed by atoms with Crippen LogP contribution in [0.2, 0.25) is 5.02 Å². The Morgan fingerprint density at radius 3 is 2.67 bits per heavy atom. The van der Waals surface area contributed by atoms with E-state index < -0.39 is 0 Å². The molecule has 2 nitrogen and oxygen atoms in total. The van der Waals surface area contributed by atoms with Crippen LogP contribution in [0, 0.1) is 18.3 Å². The quantitative estimate of drug-likeness (QED) is 0.842. The Kier molecular flexibility index (Phi) is 3.90. The smallest absolute Gasteiger partial charge is 0.101 e. The van der Waals surface area contributed by atoms with Gasteiger partial charge in [0.15, 0.2) is 0 Å². The van der Waals surface area contributed by atoms with Gasteiger partial charge in [0.2, 0.25) is 0 Å². The number of hydrogen-bond donors (Lipinski definition) is 1. The predicted molar refractivity (Wildman–Crippen MR) is 78.3 cm³/mol. The van der Waals surface area contributed by atoms with Gasteiger partial charge in [-0.2, -0.15) is 5.26 Å². The van der Waals surface area contributed by atoms with Crippen molar-refractivity contribution in [3.63, 3.8) is 0 Å². The molecule has 0 spiro atoms. The van der Waals surface area contributed by atoms with Crippen molar-refractivity contribution in [3.05, 3.63) is 57.0 Å². The molecule has 0 aliphatic carbocycles. The third-order valence-corrected chi connectivity index (χ3v) is 3.12. The first-order valence-corrected chi connectivity index (χ1v) is 6.49. The zero-order valence-electron chi connectivity index (χ0n) is 9.67. The molecule has 90 valence electrons. The lowest BCUT2D eigenvalue weighted by Gasteiger charge is -2.10. The molecule has 2 aromatic carbocycles. The maximum Gasteiger partial charge on any atom is 0.101 e. The van der Waals surface area contributed by atoms with E-state index in [0.29, 0.717) is 10.6 Å². The maximum atomic E-state index is 9.07. The lowest BCUT2D eigenvalue weighted by atomic mass is 10.1. The fourth-order valence-corrected chi connectivity index (χ4v) is 2.46. The average molecular weight is 322 g/mol. The molecule has 0 saturated heterocycles. The molecule has 0 aliphatic heterocycles. The summed E-state index contributed by atoms with van der Waals surface area (Å²) in [6.45, 7) is 2.02. The molecular weight excluding hydrogens is 312 g/mol. The fraction of sp³-hybridized carbons (Fsp3) is 0.0714. The highest BCUT2D eigenvalue weighted by Crippen LogP contribution is 2.26. The van der Waals surface area contributed by atoms with E-state index in [2.05, 4.69) is 27.3 Å². The minimum Gasteiger partial charge on any atom is -0.354 e. The number of nitriles is 1. The van der Waals surface area contributed by atoms with E-state index >= 15 is 0 Å². The molecule has 0 radical (unpaired) electrons. The van der Waals surface area contributed by atoms with E-state index in [9.17, 15) is 0 Å². The third-order valence-electron chi connectivity index (χ3n) is 2.42. The Morgan fingerprint density at radius 2 is 2.00 bits per heavy atom. The van der Waals surface area contributed by atoms with Gasteiger partial charge >= 0.3 is 0 Å². The molecule has 0 heterocycles. The number of nitrogens with zero attached hydrogens (tertiary/aromatic N) is 1. The summed E-state index contributed by atoms with van der Waals surface area (Å²) in [6.07, 6.45) is 0. The number of rotatable bonds is 2. The molecule has 0 bridgehead atoms. The molecule has 0 atom stereocenters. The highest BCUT2D eigenvalue weighted by Gasteiger charge is 2.04. The van der Waals surface area contributed by atoms with Gasteiger partial charge in [0.25, 0.3) is 0 Å². The molecule has 4 heteroatoms. The summed E-state index contributed by atoms with van der Waals surface area (Å²) in [5.41, 5.74) is 3.35. The van der Waals surface area contributed by atoms with Crippen LogP contribution in [0.3, 0.4) is 0 Å². The van der Waals surface area contributed by atoms with Gasteiger partial charge in [0.1, 0.15) is 6.07 Å². The first-order chi connectivity index (χ1) is 8.58. The van der Waals surface area contributed by atoms with Crippen LogP contribution in [0.5, 0.6) is 0 Å². The minimum absolute atomic E-state index is 0.528. The molecule has 18 heavy (non-hydrogen) atoms. The van der Waals surface area contributed by atoms with Crippen molar-refractivity contribution in [2.45, 2.75) is 6.92 Å². The van der Waals surface area contributed by atoms with Gasteiger partial charge < -0.3 is 5.32 Å². The molecule has 0 saturated carbocycles. The number of nitrogens with one attached hydrogen (secondary N) is 1. The molecular formula is C14H10BrClN2. The van der Waals surface area contributed by atoms with Crippen LogP contribution in [-0.4, -0.2) is 0 Å². The summed E-state index contributed by atoms with van der Waals surface area (Å²) in [4.78, 5) is 0. The maximum absolute atomic E-state index is 9.07. The van der Waals surface area contributed by atoms with Crippen LogP contribution < -0.4 is 5.32 Å². The van der Waals surface area contributed by atoms with E-state index in [1.54, 1.807) is 18.2 Å². The Hall–Kier alpha value is -1.50. The second kappa shape index (κ2) is 5.43. The number of halogens is 2. The van der Waals surface area contributed by atoms with Crippen molar-refractivity contribution >= 4 is 38.9 Å². The SMILES string of the molecule is Cc1cc(Br)cc(Nc2ccc(Cl)cc2C#N)c1. The van der Waals surface area contributed by atoms with Crippen molar-refractivity contribution in [1.82, 2.24) is 0 Å². The summed E-state index contributed by atoms with van der Waals surface area (Å²) in [6, 6.07) is 13.3. The van der Waals surface area contributed by atoms with Gasteiger partial charge in [-0.1, -0.05) is 27.5 Å². The average Bonchev–Trinajstić information content (AvgIpc) is 2.30. The summed E-state index contributed by atoms with van der Waals surface area (Å²) in [5, 5.41) is 12.9. The predicted octanol–water partition coefficient (Wildman–Crippen LogP) is 5.03. The van der Waals surface area contributed by atoms with Crippen molar-refractivity contribution in [3.8, 4) is 6.07 Å². The van der Waals surface area contributed by atoms with Gasteiger partial charge in [-0.3, -0.25) is 0 Å². The Balaban J connectivity index is 2.37. The molecule has 2 rings (SSSR count). The summed E-state index contributed by atoms with van der Waals surface area (Å²) in [5.74, 6) is 0. The Bertz CT molecular complexity index is 612. The van der Waals surface area contributed by atoms with Crippen LogP contribution in [-0.2, 0) is 0 Å². The molecule has 0 aromatic heterocycles. The summed E-state index contributed by atoms with van der Waals surface area (Å²) in [7, 11) is 0. The van der Waals surface area contributed by atoms with Gasteiger partial charge in [0.05, 0.1) is 11.3 Å². The van der Waals surface area contributed by atoms with E-state index in [-0.39, 0.29) is 0 Å². The van der Waals surface area contributed by atoms with Crippen molar-refractivity contribution in [2.75, 3.05) is 5.32 Å². The first kappa shape index (κ1) is 12.9. The van der Waals surface area contributed by atoms with Crippen molar-refractivity contribution in [1.29, 1.82) is 5.26 Å². The fourth-order valence-electron chi connectivity index (χ4n) is 1.68. The topological polar surface area (TPSA) is 35.8 Å². The van der Waals surface area contributed by atoms with Gasteiger partial charge in [-0.25, -0.2) is 0 Å². The van der Waals surface area contributed by atoms with Crippen LogP contribution in [0.1, 0.15) is 11.1 Å². The lowest BCUT2D eigenvalue weighted by molar-refractivity contribution is 1.42. The molecule has 0 fully saturated rings. The second-order valence-electron chi connectivity index (χ2n) is 3.94. The number of anilines is 2. The minimum atomic E-state index is 0.528. The highest BCUT2D eigenvalue weighted by molar-refractivity contribution is 9.10. The van der Waals surface area contributed by atoms with E-state index in [1.807, 2.05) is 25.1 Å². The number of aryl methyl sites for hydroxylation is 1. The van der Waals surface area contributed by atoms with Gasteiger partial charge in [-0.05, 0) is 48.9 Å². The summed E-state index contributed by atoms with van der Waals surface area (Å²) >= 11 is 9.31. The van der Waals surface area contributed by atoms with E-state index in [4.69, 9.17) is 16.9 Å². The number of hydrogen-bond acceptors (Lipinski definition) is 2. The second-order valence-corrected chi connectivity index (χ2v) is 5.30. The summed E-state index contributed by atoms with van der Waals surface area (Å²) < 4.78 is 0.998. The molecule has 0 unspecified atom stereocenters. The number of benzene rings is 2. The van der Waals surface area contributed by atoms with Crippen molar-refractivity contribution in [2.24, 2.45) is 0 Å². The zero-order chi connectivity index (χ0) is 13.1. The third kappa shape index (κ3) is 3.04. The van der Waals surface area contributed by atoms with Crippen LogP contribution in [0.25, 0.3) is 0 Å². The monoisotopic (exact) mass is 320 g/mol. The van der Waals surface area contributed by atoms with Crippen LogP contribution in [0.15, 0.2) is 40.9 Å². The van der Waals surface area contributed by atoms with Crippen LogP contribution >= 0.6 is 27.5 Å². The molecule has 2 aromatic rings. The van der Waals surface area contributed by atoms with Gasteiger partial charge in [0, 0.05) is 15.2 Å². The van der Waals surface area contributed by atoms with Gasteiger partial charge in [-0.15, -0.1) is 0 Å². The van der Waals surface area contributed by atoms with E-state index in [1.165, 1.54) is 0 Å². The largest absolute Gasteiger partial charge is 0.354 e. The highest BCUT2D eigenvalue weighted by atomic mass is 79.9. The standard InChI is InChI=1S/C14H10BrClN2/c1-9-4-11(15)7-13(5-9)18-14-3-2-12(16)6-10(14)8-17/h2-7,18H,1H3. The van der Waals surface area contributed by atoms with Crippen LogP contribution in [0.4, 0.5) is 11.4 Å². The molecule has 1 N–H and O–H groups in total.